The van der Waals surface area contributed by atoms with Crippen molar-refractivity contribution in [3.05, 3.63) is 68.4 Å². The zero-order valence-corrected chi connectivity index (χ0v) is 12.8. The number of rotatable bonds is 3. The van der Waals surface area contributed by atoms with Crippen molar-refractivity contribution >= 4 is 16.9 Å². The second-order valence-corrected chi connectivity index (χ2v) is 5.57. The molecule has 8 nitrogen and oxygen atoms in total. The molecular formula is C17H12N2O6. The van der Waals surface area contributed by atoms with Gasteiger partial charge in [-0.1, -0.05) is 6.07 Å². The molecule has 0 aliphatic carbocycles. The standard InChI is InChI=1S/C17H12N2O6/c20-15-11-3-2-10(16(21)22)6-12(11)18-17(23)19(15)7-9-1-4-13-14(5-9)25-8-24-13/h1-6H,7-8H2,(H,18,23)(H,21,22). The Morgan fingerprint density at radius 3 is 2.72 bits per heavy atom. The van der Waals surface area contributed by atoms with Crippen molar-refractivity contribution in [2.45, 2.75) is 6.54 Å². The van der Waals surface area contributed by atoms with E-state index in [2.05, 4.69) is 4.98 Å². The number of carboxylic acid groups (broad SMARTS) is 1. The maximum absolute atomic E-state index is 12.6. The van der Waals surface area contributed by atoms with E-state index >= 15 is 0 Å². The topological polar surface area (TPSA) is 111 Å². The van der Waals surface area contributed by atoms with E-state index < -0.39 is 17.2 Å². The van der Waals surface area contributed by atoms with Gasteiger partial charge in [0.2, 0.25) is 6.79 Å². The van der Waals surface area contributed by atoms with Crippen molar-refractivity contribution in [1.29, 1.82) is 0 Å². The summed E-state index contributed by atoms with van der Waals surface area (Å²) < 4.78 is 11.6. The number of ether oxygens (including phenoxy) is 2. The van der Waals surface area contributed by atoms with Gasteiger partial charge in [-0.15, -0.1) is 0 Å². The van der Waals surface area contributed by atoms with Crippen LogP contribution in [0, 0.1) is 0 Å². The Balaban J connectivity index is 1.80. The molecule has 2 aromatic carbocycles. The third-order valence-electron chi connectivity index (χ3n) is 4.01. The molecule has 25 heavy (non-hydrogen) atoms. The number of aromatic nitrogens is 2. The van der Waals surface area contributed by atoms with E-state index in [1.165, 1.54) is 18.2 Å². The smallest absolute Gasteiger partial charge is 0.335 e. The van der Waals surface area contributed by atoms with Gasteiger partial charge in [0.25, 0.3) is 5.56 Å². The number of carbonyl (C=O) groups is 1. The summed E-state index contributed by atoms with van der Waals surface area (Å²) in [6.07, 6.45) is 0. The summed E-state index contributed by atoms with van der Waals surface area (Å²) in [4.78, 5) is 38.5. The molecule has 0 fully saturated rings. The molecule has 0 saturated heterocycles. The number of aromatic carboxylic acids is 1. The molecule has 0 radical (unpaired) electrons. The molecular weight excluding hydrogens is 328 g/mol. The molecule has 0 saturated carbocycles. The zero-order chi connectivity index (χ0) is 17.6. The number of benzene rings is 2. The van der Waals surface area contributed by atoms with Gasteiger partial charge >= 0.3 is 11.7 Å². The van der Waals surface area contributed by atoms with Gasteiger partial charge in [-0.3, -0.25) is 9.36 Å². The van der Waals surface area contributed by atoms with Crippen LogP contribution in [0.15, 0.2) is 46.0 Å². The van der Waals surface area contributed by atoms with E-state index in [0.29, 0.717) is 17.1 Å². The largest absolute Gasteiger partial charge is 0.478 e. The lowest BCUT2D eigenvalue weighted by Crippen LogP contribution is -2.35. The van der Waals surface area contributed by atoms with Gasteiger partial charge in [0.05, 0.1) is 23.0 Å². The molecule has 2 heterocycles. The lowest BCUT2D eigenvalue weighted by Gasteiger charge is -2.08. The molecule has 1 aliphatic heterocycles. The number of H-pyrrole nitrogens is 1. The minimum Gasteiger partial charge on any atom is -0.478 e. The average molecular weight is 340 g/mol. The lowest BCUT2D eigenvalue weighted by atomic mass is 10.1. The van der Waals surface area contributed by atoms with Crippen LogP contribution in [-0.2, 0) is 6.54 Å². The summed E-state index contributed by atoms with van der Waals surface area (Å²) in [6, 6.07) is 9.17. The Labute approximate surface area is 139 Å². The van der Waals surface area contributed by atoms with Crippen molar-refractivity contribution in [1.82, 2.24) is 9.55 Å². The Kier molecular flexibility index (Phi) is 3.31. The van der Waals surface area contributed by atoms with E-state index in [4.69, 9.17) is 14.6 Å². The SMILES string of the molecule is O=C(O)c1ccc2c(=O)n(Cc3ccc4c(c3)OCO4)c(=O)[nH]c2c1. The molecule has 1 aliphatic rings. The Hall–Kier alpha value is -3.55. The van der Waals surface area contributed by atoms with Crippen LogP contribution in [-0.4, -0.2) is 27.4 Å². The minimum atomic E-state index is -1.13. The number of hydrogen-bond donors (Lipinski definition) is 2. The zero-order valence-electron chi connectivity index (χ0n) is 12.8. The number of fused-ring (bicyclic) bond motifs is 2. The first-order valence-corrected chi connectivity index (χ1v) is 7.41. The monoisotopic (exact) mass is 340 g/mol. The minimum absolute atomic E-state index is 0.00364. The molecule has 2 N–H and O–H groups in total. The van der Waals surface area contributed by atoms with E-state index in [0.717, 1.165) is 4.57 Å². The van der Waals surface area contributed by atoms with Crippen LogP contribution in [0.5, 0.6) is 11.5 Å². The summed E-state index contributed by atoms with van der Waals surface area (Å²) in [5.74, 6) is 0.0471. The summed E-state index contributed by atoms with van der Waals surface area (Å²) >= 11 is 0. The van der Waals surface area contributed by atoms with Crippen LogP contribution in [0.2, 0.25) is 0 Å². The van der Waals surface area contributed by atoms with Gasteiger partial charge in [0, 0.05) is 0 Å². The molecule has 3 aromatic rings. The summed E-state index contributed by atoms with van der Waals surface area (Å²) in [6.45, 7) is 0.197. The molecule has 0 spiro atoms. The highest BCUT2D eigenvalue weighted by Crippen LogP contribution is 2.32. The number of aromatic amines is 1. The predicted octanol–water partition coefficient (Wildman–Crippen LogP) is 1.16. The quantitative estimate of drug-likeness (QED) is 0.740. The fourth-order valence-corrected chi connectivity index (χ4v) is 2.75. The van der Waals surface area contributed by atoms with E-state index in [9.17, 15) is 14.4 Å². The Bertz CT molecular complexity index is 1130. The number of nitrogens with zero attached hydrogens (tertiary/aromatic N) is 1. The van der Waals surface area contributed by atoms with Gasteiger partial charge in [-0.05, 0) is 35.9 Å². The second kappa shape index (κ2) is 5.52. The third kappa shape index (κ3) is 2.53. The number of hydrogen-bond acceptors (Lipinski definition) is 5. The highest BCUT2D eigenvalue weighted by Gasteiger charge is 2.15. The highest BCUT2D eigenvalue weighted by atomic mass is 16.7. The van der Waals surface area contributed by atoms with E-state index in [1.54, 1.807) is 18.2 Å². The fourth-order valence-electron chi connectivity index (χ4n) is 2.75. The van der Waals surface area contributed by atoms with Gasteiger partial charge in [0.1, 0.15) is 0 Å². The van der Waals surface area contributed by atoms with Crippen molar-refractivity contribution in [3.8, 4) is 11.5 Å². The van der Waals surface area contributed by atoms with Crippen LogP contribution in [0.4, 0.5) is 0 Å². The van der Waals surface area contributed by atoms with Crippen LogP contribution < -0.4 is 20.7 Å². The maximum Gasteiger partial charge on any atom is 0.335 e. The predicted molar refractivity (Wildman–Crippen MR) is 87.5 cm³/mol. The maximum atomic E-state index is 12.6. The van der Waals surface area contributed by atoms with Crippen LogP contribution in [0.25, 0.3) is 10.9 Å². The normalized spacial score (nSPS) is 12.5. The van der Waals surface area contributed by atoms with E-state index in [-0.39, 0.29) is 29.8 Å². The number of nitrogens with one attached hydrogen (secondary N) is 1. The fraction of sp³-hybridized carbons (Fsp3) is 0.118. The average Bonchev–Trinajstić information content (AvgIpc) is 3.05. The first-order valence-electron chi connectivity index (χ1n) is 7.41. The third-order valence-corrected chi connectivity index (χ3v) is 4.01. The summed E-state index contributed by atoms with van der Waals surface area (Å²) in [7, 11) is 0. The van der Waals surface area contributed by atoms with Gasteiger partial charge in [-0.25, -0.2) is 9.59 Å². The summed E-state index contributed by atoms with van der Waals surface area (Å²) in [5, 5.41) is 9.25. The number of carboxylic acids is 1. The molecule has 4 rings (SSSR count). The second-order valence-electron chi connectivity index (χ2n) is 5.57. The Morgan fingerprint density at radius 2 is 1.92 bits per heavy atom. The lowest BCUT2D eigenvalue weighted by molar-refractivity contribution is 0.0697. The van der Waals surface area contributed by atoms with Gasteiger partial charge < -0.3 is 19.6 Å². The molecule has 0 atom stereocenters. The molecule has 126 valence electrons. The Morgan fingerprint density at radius 1 is 1.12 bits per heavy atom. The molecule has 0 amide bonds. The van der Waals surface area contributed by atoms with Crippen molar-refractivity contribution in [2.75, 3.05) is 6.79 Å². The van der Waals surface area contributed by atoms with Gasteiger partial charge in [0.15, 0.2) is 11.5 Å². The van der Waals surface area contributed by atoms with E-state index in [1.807, 2.05) is 0 Å². The molecule has 0 bridgehead atoms. The van der Waals surface area contributed by atoms with Crippen LogP contribution >= 0.6 is 0 Å². The molecule has 0 unspecified atom stereocenters. The highest BCUT2D eigenvalue weighted by molar-refractivity contribution is 5.92. The first-order chi connectivity index (χ1) is 12.0. The van der Waals surface area contributed by atoms with Gasteiger partial charge in [-0.2, -0.15) is 0 Å². The summed E-state index contributed by atoms with van der Waals surface area (Å²) in [5.41, 5.74) is -0.211. The molecule has 8 heteroatoms. The molecule has 1 aromatic heterocycles. The first kappa shape index (κ1) is 15.0. The van der Waals surface area contributed by atoms with Crippen molar-refractivity contribution in [3.63, 3.8) is 0 Å². The van der Waals surface area contributed by atoms with Crippen LogP contribution in [0.3, 0.4) is 0 Å². The van der Waals surface area contributed by atoms with Crippen LogP contribution in [0.1, 0.15) is 15.9 Å². The van der Waals surface area contributed by atoms with Crippen molar-refractivity contribution in [2.24, 2.45) is 0 Å². The van der Waals surface area contributed by atoms with Crippen molar-refractivity contribution < 1.29 is 19.4 Å².